The van der Waals surface area contributed by atoms with Gasteiger partial charge in [0.25, 0.3) is 0 Å². The van der Waals surface area contributed by atoms with Crippen LogP contribution in [-0.4, -0.2) is 118 Å². The van der Waals surface area contributed by atoms with Crippen molar-refractivity contribution in [2.24, 2.45) is 11.8 Å². The first-order valence-electron chi connectivity index (χ1n) is 21.2. The number of aliphatic hydroxyl groups is 1. The van der Waals surface area contributed by atoms with Gasteiger partial charge in [0.2, 0.25) is 17.5 Å². The molecular formula is C42H65N4O13PS. The molecule has 2 aromatic rings. The van der Waals surface area contributed by atoms with E-state index in [1.165, 1.54) is 42.4 Å². The molecule has 7 atom stereocenters. The van der Waals surface area contributed by atoms with E-state index in [1.54, 1.807) is 0 Å². The number of aliphatic hydroxyl groups excluding tert-OH is 1. The summed E-state index contributed by atoms with van der Waals surface area (Å²) in [6, 6.07) is 11.7. The number of ether oxygens (including phenoxy) is 6. The molecule has 342 valence electrons. The van der Waals surface area contributed by atoms with Crippen molar-refractivity contribution >= 4 is 35.5 Å². The molecule has 2 saturated heterocycles. The number of sulfonamides is 1. The van der Waals surface area contributed by atoms with Crippen LogP contribution in [-0.2, 0) is 54.3 Å². The largest absolute Gasteiger partial charge is 0.483 e. The predicted octanol–water partition coefficient (Wildman–Crippen LogP) is 4.97. The quantitative estimate of drug-likeness (QED) is 0.0425. The van der Waals surface area contributed by atoms with Crippen LogP contribution in [0.15, 0.2) is 59.5 Å². The van der Waals surface area contributed by atoms with Crippen LogP contribution in [0.2, 0.25) is 0 Å². The molecule has 0 unspecified atom stereocenters. The highest BCUT2D eigenvalue weighted by Crippen LogP contribution is 2.38. The predicted molar refractivity (Wildman–Crippen MR) is 227 cm³/mol. The first-order chi connectivity index (χ1) is 29.0. The van der Waals surface area contributed by atoms with Crippen LogP contribution in [0.1, 0.15) is 79.2 Å². The number of fused-ring (bicyclic) bond motifs is 1. The van der Waals surface area contributed by atoms with Gasteiger partial charge < -0.3 is 38.8 Å². The van der Waals surface area contributed by atoms with Gasteiger partial charge in [-0.05, 0) is 75.3 Å². The number of amides is 1. The molecular weight excluding hydrogens is 832 g/mol. The molecule has 61 heavy (non-hydrogen) atoms. The highest BCUT2D eigenvalue weighted by molar-refractivity contribution is 7.89. The maximum atomic E-state index is 14.2. The summed E-state index contributed by atoms with van der Waals surface area (Å²) in [5.74, 6) is -1.32. The van der Waals surface area contributed by atoms with E-state index in [2.05, 4.69) is 15.5 Å². The van der Waals surface area contributed by atoms with E-state index < -0.39 is 78.5 Å². The lowest BCUT2D eigenvalue weighted by molar-refractivity contribution is -0.145. The van der Waals surface area contributed by atoms with E-state index in [4.69, 9.17) is 28.4 Å². The molecule has 2 heterocycles. The van der Waals surface area contributed by atoms with E-state index in [0.717, 1.165) is 18.4 Å². The fourth-order valence-electron chi connectivity index (χ4n) is 6.78. The Morgan fingerprint density at radius 1 is 0.885 bits per heavy atom. The highest BCUT2D eigenvalue weighted by atomic mass is 32.2. The average molecular weight is 897 g/mol. The number of benzene rings is 2. The van der Waals surface area contributed by atoms with Gasteiger partial charge in [0, 0.05) is 13.1 Å². The number of nitrogens with zero attached hydrogens (tertiary/aromatic N) is 1. The van der Waals surface area contributed by atoms with Crippen molar-refractivity contribution in [1.82, 2.24) is 19.8 Å². The number of hydrogen-bond acceptors (Lipinski definition) is 13. The number of unbranched alkanes of at least 4 members (excludes halogenated alkanes) is 2. The van der Waals surface area contributed by atoms with E-state index in [-0.39, 0.29) is 61.8 Å². The lowest BCUT2D eigenvalue weighted by atomic mass is 10.0. The van der Waals surface area contributed by atoms with Gasteiger partial charge in [-0.25, -0.2) is 23.4 Å². The SMILES string of the molecule is CCCCOC(=O)[C@H](C)NP(=O)(COc1ccc(S(=O)(=O)N(CC(C)C)C[C@@H](O)[C@H](Cc2ccccc2)NC(=O)O[C@H]2CO[C@H]3OCC[C@H]32)cc1)N[C@@H](C)C(=O)OCCCC. The minimum atomic E-state index is -4.22. The van der Waals surface area contributed by atoms with Crippen LogP contribution in [0, 0.1) is 11.8 Å². The summed E-state index contributed by atoms with van der Waals surface area (Å²) in [4.78, 5) is 38.5. The second kappa shape index (κ2) is 24.3. The lowest BCUT2D eigenvalue weighted by Gasteiger charge is -2.31. The molecule has 0 spiro atoms. The van der Waals surface area contributed by atoms with E-state index in [0.29, 0.717) is 25.9 Å². The van der Waals surface area contributed by atoms with Gasteiger partial charge in [0.1, 0.15) is 23.9 Å². The van der Waals surface area contributed by atoms with E-state index in [1.807, 2.05) is 58.0 Å². The molecule has 2 aromatic carbocycles. The Labute approximate surface area is 360 Å². The van der Waals surface area contributed by atoms with Crippen molar-refractivity contribution in [2.45, 2.75) is 122 Å². The zero-order chi connectivity index (χ0) is 44.6. The fraction of sp³-hybridized carbons (Fsp3) is 0.643. The summed E-state index contributed by atoms with van der Waals surface area (Å²) >= 11 is 0. The van der Waals surface area contributed by atoms with Crippen molar-refractivity contribution in [1.29, 1.82) is 0 Å². The number of alkyl carbamates (subject to hydrolysis) is 1. The van der Waals surface area contributed by atoms with E-state index >= 15 is 0 Å². The zero-order valence-electron chi connectivity index (χ0n) is 36.2. The summed E-state index contributed by atoms with van der Waals surface area (Å²) in [7, 11) is -8.09. The molecule has 0 bridgehead atoms. The minimum absolute atomic E-state index is 0.0568. The van der Waals surface area contributed by atoms with Gasteiger partial charge in [0.05, 0.1) is 49.4 Å². The number of rotatable bonds is 26. The second-order valence-corrected chi connectivity index (χ2v) is 20.1. The third kappa shape index (κ3) is 15.6. The first kappa shape index (κ1) is 50.0. The van der Waals surface area contributed by atoms with E-state index in [9.17, 15) is 32.5 Å². The normalized spacial score (nSPS) is 19.8. The van der Waals surface area contributed by atoms with Crippen LogP contribution < -0.4 is 20.2 Å². The monoisotopic (exact) mass is 896 g/mol. The highest BCUT2D eigenvalue weighted by Gasteiger charge is 2.44. The Morgan fingerprint density at radius 3 is 2.07 bits per heavy atom. The van der Waals surface area contributed by atoms with Crippen molar-refractivity contribution < 1.29 is 60.9 Å². The number of esters is 2. The Kier molecular flexibility index (Phi) is 19.9. The molecule has 0 saturated carbocycles. The zero-order valence-corrected chi connectivity index (χ0v) is 37.9. The van der Waals surface area contributed by atoms with Crippen molar-refractivity contribution in [3.63, 3.8) is 0 Å². The third-order valence-electron chi connectivity index (χ3n) is 10.1. The van der Waals surface area contributed by atoms with Crippen LogP contribution in [0.3, 0.4) is 0 Å². The molecule has 2 aliphatic heterocycles. The fourth-order valence-corrected chi connectivity index (χ4v) is 10.4. The summed E-state index contributed by atoms with van der Waals surface area (Å²) < 4.78 is 77.1. The number of carbonyl (C=O) groups is 3. The van der Waals surface area contributed by atoms with Crippen molar-refractivity contribution in [3.8, 4) is 5.75 Å². The minimum Gasteiger partial charge on any atom is -0.483 e. The molecule has 17 nitrogen and oxygen atoms in total. The van der Waals surface area contributed by atoms with Crippen LogP contribution >= 0.6 is 7.44 Å². The van der Waals surface area contributed by atoms with Gasteiger partial charge in [-0.2, -0.15) is 4.31 Å². The maximum Gasteiger partial charge on any atom is 0.407 e. The summed E-state index contributed by atoms with van der Waals surface area (Å²) in [5.41, 5.74) is 0.812. The Balaban J connectivity index is 1.48. The molecule has 0 radical (unpaired) electrons. The Morgan fingerprint density at radius 2 is 1.49 bits per heavy atom. The molecule has 0 aliphatic carbocycles. The number of hydrogen-bond donors (Lipinski definition) is 4. The smallest absolute Gasteiger partial charge is 0.407 e. The second-order valence-electron chi connectivity index (χ2n) is 15.9. The third-order valence-corrected chi connectivity index (χ3v) is 14.1. The van der Waals surface area contributed by atoms with Crippen molar-refractivity contribution in [3.05, 3.63) is 60.2 Å². The van der Waals surface area contributed by atoms with Crippen LogP contribution in [0.25, 0.3) is 0 Å². The summed E-state index contributed by atoms with van der Waals surface area (Å²) in [6.07, 6.45) is 0.281. The van der Waals surface area contributed by atoms with Gasteiger partial charge in [0.15, 0.2) is 12.6 Å². The molecule has 19 heteroatoms. The van der Waals surface area contributed by atoms with Gasteiger partial charge >= 0.3 is 18.0 Å². The molecule has 4 N–H and O–H groups in total. The standard InChI is InChI=1S/C42H65N4O13PS/c1-7-9-21-54-39(48)30(5)44-60(51,45-31(6)40(49)55-22-10-8-2)28-58-33-16-18-34(19-17-33)61(52,53)46(25-29(3)4)26-37(47)36(24-32-14-12-11-13-15-32)43-42(50)59-38-27-57-41-35(38)20-23-56-41/h11-19,29-31,35-38,41,47H,7-10,20-28H2,1-6H3,(H,43,50)(H2,44,45,51)/t30-,31-,35-,36-,37+,38-,41+/m0/s1. The number of carbonyl (C=O) groups excluding carboxylic acids is 3. The molecule has 2 aliphatic rings. The topological polar surface area (TPSA) is 217 Å². The van der Waals surface area contributed by atoms with Gasteiger partial charge in [-0.1, -0.05) is 70.9 Å². The molecule has 4 rings (SSSR count). The van der Waals surface area contributed by atoms with Crippen molar-refractivity contribution in [2.75, 3.05) is 45.9 Å². The average Bonchev–Trinajstić information content (AvgIpc) is 3.85. The Hall–Kier alpha value is -3.61. The lowest BCUT2D eigenvalue weighted by Crippen LogP contribution is -2.51. The Bertz CT molecular complexity index is 1810. The first-order valence-corrected chi connectivity index (χ1v) is 24.5. The summed E-state index contributed by atoms with van der Waals surface area (Å²) in [6.45, 7) is 11.4. The molecule has 2 fully saturated rings. The van der Waals surface area contributed by atoms with Crippen LogP contribution in [0.5, 0.6) is 5.75 Å². The van der Waals surface area contributed by atoms with Gasteiger partial charge in [-0.3, -0.25) is 14.2 Å². The molecule has 0 aromatic heterocycles. The maximum absolute atomic E-state index is 14.2. The summed E-state index contributed by atoms with van der Waals surface area (Å²) in [5, 5.41) is 20.0. The van der Waals surface area contributed by atoms with Gasteiger partial charge in [-0.15, -0.1) is 0 Å². The molecule has 1 amide bonds. The number of nitrogens with one attached hydrogen (secondary N) is 3. The van der Waals surface area contributed by atoms with Crippen LogP contribution in [0.4, 0.5) is 4.79 Å².